The van der Waals surface area contributed by atoms with E-state index in [9.17, 15) is 4.79 Å². The van der Waals surface area contributed by atoms with Gasteiger partial charge in [-0.15, -0.1) is 0 Å². The summed E-state index contributed by atoms with van der Waals surface area (Å²) in [5.74, 6) is 1.77. The Morgan fingerprint density at radius 3 is 1.91 bits per heavy atom. The van der Waals surface area contributed by atoms with Gasteiger partial charge in [-0.05, 0) is 17.8 Å². The summed E-state index contributed by atoms with van der Waals surface area (Å²) in [4.78, 5) is 11.1. The van der Waals surface area contributed by atoms with Crippen LogP contribution in [0.2, 0.25) is 0 Å². The molecule has 2 nitrogen and oxygen atoms in total. The fraction of sp³-hybridized carbons (Fsp3) is 0.889. The van der Waals surface area contributed by atoms with Gasteiger partial charge in [0.2, 0.25) is 0 Å². The molecule has 0 unspecified atom stereocenters. The summed E-state index contributed by atoms with van der Waals surface area (Å²) in [5, 5.41) is 0. The van der Waals surface area contributed by atoms with Crippen LogP contribution in [0.4, 0.5) is 0 Å². The lowest BCUT2D eigenvalue weighted by Gasteiger charge is -2.45. The Balaban J connectivity index is 2.55. The molecule has 1 fully saturated rings. The predicted molar refractivity (Wildman–Crippen MR) is 43.0 cm³/mol. The average molecular weight is 156 g/mol. The van der Waals surface area contributed by atoms with E-state index in [4.69, 9.17) is 4.74 Å². The first-order valence-electron chi connectivity index (χ1n) is 4.17. The first-order valence-corrected chi connectivity index (χ1v) is 4.17. The Morgan fingerprint density at radius 1 is 1.09 bits per heavy atom. The maximum absolute atomic E-state index is 11.1. The van der Waals surface area contributed by atoms with Gasteiger partial charge in [-0.1, -0.05) is 20.8 Å². The third-order valence-electron chi connectivity index (χ3n) is 3.26. The molecule has 0 aliphatic heterocycles. The van der Waals surface area contributed by atoms with Gasteiger partial charge < -0.3 is 4.74 Å². The maximum Gasteiger partial charge on any atom is 0.309 e. The van der Waals surface area contributed by atoms with Crippen LogP contribution in [0.25, 0.3) is 0 Å². The van der Waals surface area contributed by atoms with Crippen molar-refractivity contribution in [3.8, 4) is 0 Å². The van der Waals surface area contributed by atoms with E-state index < -0.39 is 0 Å². The first kappa shape index (κ1) is 8.57. The molecule has 64 valence electrons. The van der Waals surface area contributed by atoms with E-state index in [0.717, 1.165) is 0 Å². The summed E-state index contributed by atoms with van der Waals surface area (Å²) in [6, 6.07) is 0. The molecule has 0 N–H and O–H groups in total. The monoisotopic (exact) mass is 156 g/mol. The molecule has 1 aliphatic carbocycles. The van der Waals surface area contributed by atoms with Gasteiger partial charge in [0.15, 0.2) is 0 Å². The minimum Gasteiger partial charge on any atom is -0.469 e. The molecule has 0 aromatic carbocycles. The zero-order valence-corrected chi connectivity index (χ0v) is 7.63. The largest absolute Gasteiger partial charge is 0.469 e. The van der Waals surface area contributed by atoms with Crippen molar-refractivity contribution in [2.75, 3.05) is 7.11 Å². The molecule has 1 rings (SSSR count). The Kier molecular flexibility index (Phi) is 2.21. The molecule has 0 aromatic heterocycles. The van der Waals surface area contributed by atoms with Crippen LogP contribution in [0, 0.1) is 23.7 Å². The summed E-state index contributed by atoms with van der Waals surface area (Å²) in [6.45, 7) is 6.42. The van der Waals surface area contributed by atoms with Crippen LogP contribution < -0.4 is 0 Å². The molecule has 1 aliphatic rings. The zero-order valence-electron chi connectivity index (χ0n) is 7.63. The van der Waals surface area contributed by atoms with Gasteiger partial charge in [0.25, 0.3) is 0 Å². The Bertz CT molecular complexity index is 155. The van der Waals surface area contributed by atoms with Crippen molar-refractivity contribution in [3.63, 3.8) is 0 Å². The summed E-state index contributed by atoms with van der Waals surface area (Å²) in [7, 11) is 1.46. The maximum atomic E-state index is 11.1. The van der Waals surface area contributed by atoms with Gasteiger partial charge in [0.05, 0.1) is 13.0 Å². The lowest BCUT2D eigenvalue weighted by Crippen LogP contribution is -2.46. The smallest absolute Gasteiger partial charge is 0.309 e. The molecule has 0 heterocycles. The van der Waals surface area contributed by atoms with Crippen LogP contribution in [0.3, 0.4) is 0 Å². The SMILES string of the molecule is COC(=O)C1[C@@H](C)C(C)[C@@H]1C. The second-order valence-corrected chi connectivity index (χ2v) is 3.63. The lowest BCUT2D eigenvalue weighted by atomic mass is 9.59. The van der Waals surface area contributed by atoms with Crippen molar-refractivity contribution in [2.45, 2.75) is 20.8 Å². The number of esters is 1. The molecule has 0 spiro atoms. The number of rotatable bonds is 1. The number of carbonyl (C=O) groups excluding carboxylic acids is 1. The Hall–Kier alpha value is -0.530. The van der Waals surface area contributed by atoms with Gasteiger partial charge in [0, 0.05) is 0 Å². The fourth-order valence-corrected chi connectivity index (χ4v) is 2.03. The van der Waals surface area contributed by atoms with Crippen LogP contribution in [0.15, 0.2) is 0 Å². The molecule has 1 saturated carbocycles. The van der Waals surface area contributed by atoms with Gasteiger partial charge in [0.1, 0.15) is 0 Å². The van der Waals surface area contributed by atoms with E-state index in [1.807, 2.05) is 0 Å². The van der Waals surface area contributed by atoms with Crippen LogP contribution in [-0.2, 0) is 9.53 Å². The molecule has 0 aromatic rings. The highest BCUT2D eigenvalue weighted by Crippen LogP contribution is 2.45. The predicted octanol–water partition coefficient (Wildman–Crippen LogP) is 1.70. The molecule has 0 radical (unpaired) electrons. The number of ether oxygens (including phenoxy) is 1. The molecule has 2 atom stereocenters. The molecule has 0 bridgehead atoms. The van der Waals surface area contributed by atoms with E-state index in [1.165, 1.54) is 7.11 Å². The van der Waals surface area contributed by atoms with Crippen molar-refractivity contribution < 1.29 is 9.53 Å². The molecular weight excluding hydrogens is 140 g/mol. The Morgan fingerprint density at radius 2 is 1.55 bits per heavy atom. The third kappa shape index (κ3) is 1.15. The second kappa shape index (κ2) is 2.84. The fourth-order valence-electron chi connectivity index (χ4n) is 2.03. The topological polar surface area (TPSA) is 26.3 Å². The number of methoxy groups -OCH3 is 1. The summed E-state index contributed by atoms with van der Waals surface area (Å²) < 4.78 is 4.70. The molecule has 11 heavy (non-hydrogen) atoms. The summed E-state index contributed by atoms with van der Waals surface area (Å²) >= 11 is 0. The van der Waals surface area contributed by atoms with E-state index in [2.05, 4.69) is 20.8 Å². The lowest BCUT2D eigenvalue weighted by molar-refractivity contribution is -0.159. The second-order valence-electron chi connectivity index (χ2n) is 3.63. The van der Waals surface area contributed by atoms with Gasteiger partial charge >= 0.3 is 5.97 Å². The standard InChI is InChI=1S/C9H16O2/c1-5-6(2)8(7(5)3)9(10)11-4/h5-8H,1-4H3/t5?,6-,7-,8?/m0/s1. The normalized spacial score (nSPS) is 42.9. The highest BCUT2D eigenvalue weighted by Gasteiger charge is 2.46. The van der Waals surface area contributed by atoms with E-state index in [0.29, 0.717) is 17.8 Å². The number of hydrogen-bond donors (Lipinski definition) is 0. The van der Waals surface area contributed by atoms with Crippen LogP contribution in [0.1, 0.15) is 20.8 Å². The molecular formula is C9H16O2. The third-order valence-corrected chi connectivity index (χ3v) is 3.26. The van der Waals surface area contributed by atoms with E-state index >= 15 is 0 Å². The number of hydrogen-bond acceptors (Lipinski definition) is 2. The molecule has 0 saturated heterocycles. The average Bonchev–Trinajstić information content (AvgIpc) is 2.04. The minimum absolute atomic E-state index is 0.0388. The quantitative estimate of drug-likeness (QED) is 0.540. The van der Waals surface area contributed by atoms with Gasteiger partial charge in [-0.2, -0.15) is 0 Å². The van der Waals surface area contributed by atoms with Crippen molar-refractivity contribution >= 4 is 5.97 Å². The van der Waals surface area contributed by atoms with Crippen molar-refractivity contribution in [1.82, 2.24) is 0 Å². The highest BCUT2D eigenvalue weighted by atomic mass is 16.5. The van der Waals surface area contributed by atoms with Crippen molar-refractivity contribution in [2.24, 2.45) is 23.7 Å². The first-order chi connectivity index (χ1) is 5.09. The van der Waals surface area contributed by atoms with Gasteiger partial charge in [-0.25, -0.2) is 0 Å². The van der Waals surface area contributed by atoms with Crippen LogP contribution in [0.5, 0.6) is 0 Å². The van der Waals surface area contributed by atoms with E-state index in [1.54, 1.807) is 0 Å². The number of carbonyl (C=O) groups is 1. The molecule has 2 heteroatoms. The van der Waals surface area contributed by atoms with E-state index in [-0.39, 0.29) is 11.9 Å². The summed E-state index contributed by atoms with van der Waals surface area (Å²) in [5.41, 5.74) is 0. The van der Waals surface area contributed by atoms with Crippen LogP contribution >= 0.6 is 0 Å². The minimum atomic E-state index is -0.0388. The van der Waals surface area contributed by atoms with Crippen molar-refractivity contribution in [1.29, 1.82) is 0 Å². The van der Waals surface area contributed by atoms with Gasteiger partial charge in [-0.3, -0.25) is 4.79 Å². The highest BCUT2D eigenvalue weighted by molar-refractivity contribution is 5.74. The van der Waals surface area contributed by atoms with Crippen LogP contribution in [-0.4, -0.2) is 13.1 Å². The zero-order chi connectivity index (χ0) is 8.59. The summed E-state index contributed by atoms with van der Waals surface area (Å²) in [6.07, 6.45) is 0. The molecule has 0 amide bonds. The van der Waals surface area contributed by atoms with Crippen molar-refractivity contribution in [3.05, 3.63) is 0 Å². The Labute approximate surface area is 67.9 Å².